The van der Waals surface area contributed by atoms with Crippen molar-refractivity contribution in [3.63, 3.8) is 0 Å². The van der Waals surface area contributed by atoms with Gasteiger partial charge in [-0.1, -0.05) is 77.6 Å². The Balaban J connectivity index is 1.23. The molecule has 0 amide bonds. The smallest absolute Gasteiger partial charge is 0.328 e. The molecule has 3 rings (SSSR count). The fourth-order valence-electron chi connectivity index (χ4n) is 4.83. The maximum Gasteiger partial charge on any atom is 0.328 e. The third-order valence-electron chi connectivity index (χ3n) is 7.47. The minimum atomic E-state index is -0.348. The molecule has 0 saturated carbocycles. The number of benzene rings is 2. The van der Waals surface area contributed by atoms with E-state index in [0.717, 1.165) is 61.6 Å². The molecule has 3 aromatic rings. The Morgan fingerprint density at radius 1 is 0.628 bits per heavy atom. The summed E-state index contributed by atoms with van der Waals surface area (Å²) in [7, 11) is 0. The molecular weight excluding hydrogens is 540 g/mol. The van der Waals surface area contributed by atoms with Gasteiger partial charge in [-0.15, -0.1) is 0 Å². The van der Waals surface area contributed by atoms with E-state index in [1.807, 2.05) is 48.5 Å². The number of azo groups is 1. The van der Waals surface area contributed by atoms with E-state index in [-0.39, 0.29) is 11.2 Å². The number of H-pyrrole nitrogens is 1. The molecule has 0 fully saturated rings. The predicted octanol–water partition coefficient (Wildman–Crippen LogP) is 9.20. The lowest BCUT2D eigenvalue weighted by atomic mass is 10.1. The van der Waals surface area contributed by atoms with Crippen molar-refractivity contribution in [3.8, 4) is 11.5 Å². The van der Waals surface area contributed by atoms with Gasteiger partial charge < -0.3 is 14.0 Å². The molecule has 234 valence electrons. The van der Waals surface area contributed by atoms with Crippen molar-refractivity contribution >= 4 is 11.4 Å². The molecule has 8 nitrogen and oxygen atoms in total. The highest BCUT2D eigenvalue weighted by Crippen LogP contribution is 2.23. The summed E-state index contributed by atoms with van der Waals surface area (Å²) in [6.45, 7) is 5.96. The van der Waals surface area contributed by atoms with Gasteiger partial charge in [0.15, 0.2) is 0 Å². The Bertz CT molecular complexity index is 1310. The van der Waals surface area contributed by atoms with Gasteiger partial charge in [-0.2, -0.15) is 10.2 Å². The van der Waals surface area contributed by atoms with Crippen LogP contribution in [0.1, 0.15) is 102 Å². The van der Waals surface area contributed by atoms with Gasteiger partial charge in [0, 0.05) is 18.3 Å². The van der Waals surface area contributed by atoms with Crippen LogP contribution >= 0.6 is 0 Å². The van der Waals surface area contributed by atoms with Crippen LogP contribution in [0.2, 0.25) is 0 Å². The molecular formula is C35H50N4O4. The molecule has 8 heteroatoms. The summed E-state index contributed by atoms with van der Waals surface area (Å²) in [5.41, 5.74) is 1.43. The van der Waals surface area contributed by atoms with Gasteiger partial charge in [-0.3, -0.25) is 9.78 Å². The van der Waals surface area contributed by atoms with Crippen LogP contribution in [-0.2, 0) is 6.54 Å². The number of rotatable bonds is 22. The normalized spacial score (nSPS) is 11.3. The fourth-order valence-corrected chi connectivity index (χ4v) is 4.83. The van der Waals surface area contributed by atoms with Gasteiger partial charge in [0.1, 0.15) is 11.5 Å². The largest absolute Gasteiger partial charge is 0.494 e. The predicted molar refractivity (Wildman–Crippen MR) is 174 cm³/mol. The number of unbranched alkanes of at least 4 members (excludes halogenated alkanes) is 12. The topological polar surface area (TPSA) is 98.0 Å². The molecule has 0 aliphatic carbocycles. The number of nitrogens with zero attached hydrogens (tertiary/aromatic N) is 3. The maximum atomic E-state index is 11.8. The second-order valence-corrected chi connectivity index (χ2v) is 11.2. The van der Waals surface area contributed by atoms with Gasteiger partial charge in [0.05, 0.1) is 24.6 Å². The molecule has 0 aliphatic rings. The molecule has 0 unspecified atom stereocenters. The Morgan fingerprint density at radius 3 is 1.56 bits per heavy atom. The van der Waals surface area contributed by atoms with E-state index in [9.17, 15) is 9.59 Å². The summed E-state index contributed by atoms with van der Waals surface area (Å²) in [6, 6.07) is 15.4. The molecule has 1 aromatic heterocycles. The molecule has 2 aromatic carbocycles. The minimum Gasteiger partial charge on any atom is -0.494 e. The molecule has 0 aliphatic heterocycles. The Labute approximate surface area is 256 Å². The minimum absolute atomic E-state index is 0.320. The molecule has 1 N–H and O–H groups in total. The average molecular weight is 591 g/mol. The Hall–Kier alpha value is -3.68. The lowest BCUT2D eigenvalue weighted by Crippen LogP contribution is -2.30. The first kappa shape index (κ1) is 33.8. The first-order chi connectivity index (χ1) is 21.0. The zero-order valence-corrected chi connectivity index (χ0v) is 26.2. The van der Waals surface area contributed by atoms with E-state index < -0.39 is 0 Å². The van der Waals surface area contributed by atoms with Crippen molar-refractivity contribution in [1.29, 1.82) is 0 Å². The molecule has 0 spiro atoms. The molecule has 1 heterocycles. The summed E-state index contributed by atoms with van der Waals surface area (Å²) in [5, 5.41) is 8.67. The molecule has 43 heavy (non-hydrogen) atoms. The molecule has 0 bridgehead atoms. The summed E-state index contributed by atoms with van der Waals surface area (Å²) >= 11 is 0. The van der Waals surface area contributed by atoms with E-state index >= 15 is 0 Å². The second kappa shape index (κ2) is 20.3. The number of aromatic nitrogens is 2. The van der Waals surface area contributed by atoms with Crippen LogP contribution < -0.4 is 20.7 Å². The van der Waals surface area contributed by atoms with E-state index in [4.69, 9.17) is 9.47 Å². The van der Waals surface area contributed by atoms with Crippen molar-refractivity contribution in [3.05, 3.63) is 81.1 Å². The van der Waals surface area contributed by atoms with Gasteiger partial charge in [-0.05, 0) is 74.7 Å². The van der Waals surface area contributed by atoms with Crippen LogP contribution in [0.15, 0.2) is 74.5 Å². The summed E-state index contributed by atoms with van der Waals surface area (Å²) in [5.74, 6) is 1.67. The first-order valence-corrected chi connectivity index (χ1v) is 16.2. The molecule has 0 atom stereocenters. The third kappa shape index (κ3) is 13.9. The number of aryl methyl sites for hydroxylation is 2. The molecule has 0 saturated heterocycles. The SMILES string of the molecule is CCCCCCCCCCCCOc1ccc(N=Nc2ccc(OCCCCCCn3cc(C)c(=O)[nH]c3=O)cc2)cc1. The van der Waals surface area contributed by atoms with Gasteiger partial charge >= 0.3 is 5.69 Å². The fraction of sp³-hybridized carbons (Fsp3) is 0.543. The number of aromatic amines is 1. The van der Waals surface area contributed by atoms with E-state index in [0.29, 0.717) is 18.7 Å². The van der Waals surface area contributed by atoms with Crippen LogP contribution in [0.4, 0.5) is 11.4 Å². The monoisotopic (exact) mass is 590 g/mol. The first-order valence-electron chi connectivity index (χ1n) is 16.2. The highest BCUT2D eigenvalue weighted by molar-refractivity contribution is 5.44. The number of ether oxygens (including phenoxy) is 2. The standard InChI is InChI=1S/C35H50N4O4/c1-3-4-5-6-7-8-9-10-12-15-26-42-32-21-17-30(18-22-32)37-38-31-19-23-33(24-20-31)43-27-16-13-11-14-25-39-28-29(2)34(40)36-35(39)41/h17-24,28H,3-16,25-27H2,1-2H3,(H,36,40,41). The zero-order chi connectivity index (χ0) is 30.5. The van der Waals surface area contributed by atoms with Crippen molar-refractivity contribution in [1.82, 2.24) is 9.55 Å². The van der Waals surface area contributed by atoms with Crippen molar-refractivity contribution in [2.24, 2.45) is 10.2 Å². The number of nitrogens with one attached hydrogen (secondary N) is 1. The highest BCUT2D eigenvalue weighted by Gasteiger charge is 2.02. The van der Waals surface area contributed by atoms with E-state index in [1.54, 1.807) is 17.7 Å². The Morgan fingerprint density at radius 2 is 1.07 bits per heavy atom. The van der Waals surface area contributed by atoms with Crippen LogP contribution in [0.5, 0.6) is 11.5 Å². The molecule has 0 radical (unpaired) electrons. The lowest BCUT2D eigenvalue weighted by molar-refractivity contribution is 0.304. The number of hydrogen-bond donors (Lipinski definition) is 1. The van der Waals surface area contributed by atoms with Gasteiger partial charge in [0.25, 0.3) is 5.56 Å². The van der Waals surface area contributed by atoms with Crippen molar-refractivity contribution in [2.75, 3.05) is 13.2 Å². The second-order valence-electron chi connectivity index (χ2n) is 11.2. The highest BCUT2D eigenvalue weighted by atomic mass is 16.5. The van der Waals surface area contributed by atoms with Crippen LogP contribution in [0, 0.1) is 6.92 Å². The quantitative estimate of drug-likeness (QED) is 0.0931. The van der Waals surface area contributed by atoms with Crippen molar-refractivity contribution < 1.29 is 9.47 Å². The van der Waals surface area contributed by atoms with E-state index in [2.05, 4.69) is 22.1 Å². The lowest BCUT2D eigenvalue weighted by Gasteiger charge is -2.07. The van der Waals surface area contributed by atoms with E-state index in [1.165, 1.54) is 57.8 Å². The van der Waals surface area contributed by atoms with Crippen LogP contribution in [-0.4, -0.2) is 22.8 Å². The van der Waals surface area contributed by atoms with Crippen molar-refractivity contribution in [2.45, 2.75) is 110 Å². The third-order valence-corrected chi connectivity index (χ3v) is 7.47. The van der Waals surface area contributed by atoms with Gasteiger partial charge in [-0.25, -0.2) is 4.79 Å². The zero-order valence-electron chi connectivity index (χ0n) is 26.2. The summed E-state index contributed by atoms with van der Waals surface area (Å²) in [4.78, 5) is 25.6. The van der Waals surface area contributed by atoms with Gasteiger partial charge in [0.2, 0.25) is 0 Å². The average Bonchev–Trinajstić information content (AvgIpc) is 3.02. The maximum absolute atomic E-state index is 11.8. The Kier molecular flexibility index (Phi) is 15.9. The number of hydrogen-bond acceptors (Lipinski definition) is 6. The van der Waals surface area contributed by atoms with Crippen LogP contribution in [0.3, 0.4) is 0 Å². The van der Waals surface area contributed by atoms with Crippen LogP contribution in [0.25, 0.3) is 0 Å². The summed E-state index contributed by atoms with van der Waals surface area (Å²) < 4.78 is 13.3. The summed E-state index contributed by atoms with van der Waals surface area (Å²) in [6.07, 6.45) is 18.6.